The van der Waals surface area contributed by atoms with Crippen LogP contribution in [0.2, 0.25) is 5.02 Å². The third-order valence-corrected chi connectivity index (χ3v) is 1.95. The van der Waals surface area contributed by atoms with Crippen molar-refractivity contribution < 1.29 is 4.79 Å². The van der Waals surface area contributed by atoms with Crippen LogP contribution in [0.15, 0.2) is 24.4 Å². The van der Waals surface area contributed by atoms with Crippen molar-refractivity contribution in [3.05, 3.63) is 35.1 Å². The monoisotopic (exact) mass is 224 g/mol. The summed E-state index contributed by atoms with van der Waals surface area (Å²) in [5, 5.41) is 3.34. The van der Waals surface area contributed by atoms with Gasteiger partial charge in [-0.1, -0.05) is 17.7 Å². The van der Waals surface area contributed by atoms with Crippen molar-refractivity contribution in [2.75, 3.05) is 6.54 Å². The molecule has 0 spiro atoms. The summed E-state index contributed by atoms with van der Waals surface area (Å²) in [6.45, 7) is 2.16. The number of carbonyl (C=O) groups excluding carboxylic acids is 1. The Morgan fingerprint density at radius 2 is 2.40 bits per heavy atom. The van der Waals surface area contributed by atoms with Crippen molar-refractivity contribution in [2.45, 2.75) is 13.3 Å². The van der Waals surface area contributed by atoms with Gasteiger partial charge in [0.05, 0.1) is 10.7 Å². The normalized spacial score (nSPS) is 10.5. The minimum Gasteiger partial charge on any atom is -0.356 e. The highest BCUT2D eigenvalue weighted by molar-refractivity contribution is 6.30. The summed E-state index contributed by atoms with van der Waals surface area (Å²) in [5.41, 5.74) is 0.863. The first-order chi connectivity index (χ1) is 7.18. The molecule has 0 saturated carbocycles. The highest BCUT2D eigenvalue weighted by atomic mass is 35.5. The van der Waals surface area contributed by atoms with Crippen LogP contribution in [0.25, 0.3) is 6.08 Å². The van der Waals surface area contributed by atoms with E-state index in [-0.39, 0.29) is 5.91 Å². The molecule has 1 N–H and O–H groups in total. The average molecular weight is 225 g/mol. The van der Waals surface area contributed by atoms with E-state index in [4.69, 9.17) is 11.6 Å². The molecule has 0 aromatic carbocycles. The van der Waals surface area contributed by atoms with Gasteiger partial charge in [-0.15, -0.1) is 0 Å². The first-order valence-electron chi connectivity index (χ1n) is 4.71. The van der Waals surface area contributed by atoms with Crippen molar-refractivity contribution >= 4 is 23.6 Å². The molecule has 0 fully saturated rings. The van der Waals surface area contributed by atoms with Gasteiger partial charge in [-0.2, -0.15) is 0 Å². The van der Waals surface area contributed by atoms with Crippen LogP contribution in [-0.2, 0) is 4.79 Å². The number of aromatic nitrogens is 1. The lowest BCUT2D eigenvalue weighted by Gasteiger charge is -1.96. The molecule has 4 heteroatoms. The molecule has 0 aliphatic carbocycles. The zero-order valence-electron chi connectivity index (χ0n) is 8.53. The second kappa shape index (κ2) is 6.19. The lowest BCUT2D eigenvalue weighted by molar-refractivity contribution is -0.118. The van der Waals surface area contributed by atoms with Crippen molar-refractivity contribution in [3.63, 3.8) is 0 Å². The number of hydrogen-bond acceptors (Lipinski definition) is 2. The number of hydrogen-bond donors (Lipinski definition) is 1. The Kier molecular flexibility index (Phi) is 4.84. The molecule has 15 heavy (non-hydrogen) atoms. The fourth-order valence-electron chi connectivity index (χ4n) is 1.02. The molecular formula is C11H13ClN2O. The van der Waals surface area contributed by atoms with Crippen LogP contribution < -0.4 is 5.32 Å². The van der Waals surface area contributed by atoms with Crippen molar-refractivity contribution in [1.82, 2.24) is 10.3 Å². The van der Waals surface area contributed by atoms with E-state index in [9.17, 15) is 4.79 Å². The lowest BCUT2D eigenvalue weighted by atomic mass is 10.3. The number of halogens is 1. The molecule has 0 saturated heterocycles. The minimum absolute atomic E-state index is 0.00646. The molecular weight excluding hydrogens is 212 g/mol. The highest BCUT2D eigenvalue weighted by Gasteiger charge is 1.89. The minimum atomic E-state index is -0.00646. The van der Waals surface area contributed by atoms with Crippen molar-refractivity contribution in [3.8, 4) is 0 Å². The summed E-state index contributed by atoms with van der Waals surface area (Å²) >= 11 is 5.70. The summed E-state index contributed by atoms with van der Waals surface area (Å²) in [5.74, 6) is -0.00646. The Balaban J connectivity index is 2.32. The molecule has 1 aromatic heterocycles. The molecule has 0 unspecified atom stereocenters. The molecule has 1 rings (SSSR count). The van der Waals surface area contributed by atoms with Gasteiger partial charge in [0.25, 0.3) is 0 Å². The standard InChI is InChI=1S/C11H13ClN2O/c1-9(15)13-7-3-2-4-11-6-5-10(12)8-14-11/h2,4-6,8H,3,7H2,1H3,(H,13,15). The van der Waals surface area contributed by atoms with Gasteiger partial charge in [-0.25, -0.2) is 0 Å². The van der Waals surface area contributed by atoms with E-state index in [1.165, 1.54) is 6.92 Å². The summed E-state index contributed by atoms with van der Waals surface area (Å²) in [6, 6.07) is 3.64. The van der Waals surface area contributed by atoms with Crippen molar-refractivity contribution in [2.24, 2.45) is 0 Å². The second-order valence-corrected chi connectivity index (χ2v) is 3.51. The molecule has 0 aliphatic heterocycles. The van der Waals surface area contributed by atoms with Gasteiger partial charge in [-0.3, -0.25) is 9.78 Å². The van der Waals surface area contributed by atoms with Gasteiger partial charge < -0.3 is 5.32 Å². The van der Waals surface area contributed by atoms with Gasteiger partial charge in [0.1, 0.15) is 0 Å². The molecule has 0 bridgehead atoms. The molecule has 0 radical (unpaired) electrons. The SMILES string of the molecule is CC(=O)NCCC=Cc1ccc(Cl)cn1. The summed E-state index contributed by atoms with van der Waals surface area (Å²) in [7, 11) is 0. The Hall–Kier alpha value is -1.35. The number of rotatable bonds is 4. The molecule has 1 heterocycles. The fourth-order valence-corrected chi connectivity index (χ4v) is 1.13. The van der Waals surface area contributed by atoms with Crippen molar-refractivity contribution in [1.29, 1.82) is 0 Å². The molecule has 1 aromatic rings. The van der Waals surface area contributed by atoms with E-state index < -0.39 is 0 Å². The maximum absolute atomic E-state index is 10.6. The van der Waals surface area contributed by atoms with Crippen LogP contribution in [0, 0.1) is 0 Å². The molecule has 3 nitrogen and oxygen atoms in total. The predicted molar refractivity (Wildman–Crippen MR) is 61.6 cm³/mol. The predicted octanol–water partition coefficient (Wildman–Crippen LogP) is 2.27. The average Bonchev–Trinajstić information content (AvgIpc) is 2.20. The van der Waals surface area contributed by atoms with E-state index >= 15 is 0 Å². The maximum atomic E-state index is 10.6. The van der Waals surface area contributed by atoms with Crippen LogP contribution in [0.5, 0.6) is 0 Å². The Bertz CT molecular complexity index is 346. The largest absolute Gasteiger partial charge is 0.356 e. The number of nitrogens with one attached hydrogen (secondary N) is 1. The van der Waals surface area contributed by atoms with Gasteiger partial charge in [0.15, 0.2) is 0 Å². The number of nitrogens with zero attached hydrogens (tertiary/aromatic N) is 1. The van der Waals surface area contributed by atoms with Gasteiger partial charge in [-0.05, 0) is 24.6 Å². The molecule has 80 valence electrons. The molecule has 0 aliphatic rings. The third kappa shape index (κ3) is 5.18. The summed E-state index contributed by atoms with van der Waals surface area (Å²) < 4.78 is 0. The van der Waals surface area contributed by atoms with E-state index in [1.807, 2.05) is 18.2 Å². The zero-order chi connectivity index (χ0) is 11.1. The Morgan fingerprint density at radius 1 is 1.60 bits per heavy atom. The van der Waals surface area contributed by atoms with E-state index in [2.05, 4.69) is 10.3 Å². The molecule has 0 atom stereocenters. The first-order valence-corrected chi connectivity index (χ1v) is 5.09. The van der Waals surface area contributed by atoms with E-state index in [0.717, 1.165) is 12.1 Å². The third-order valence-electron chi connectivity index (χ3n) is 1.72. The summed E-state index contributed by atoms with van der Waals surface area (Å²) in [6.07, 6.45) is 6.27. The maximum Gasteiger partial charge on any atom is 0.216 e. The molecule has 1 amide bonds. The first kappa shape index (κ1) is 11.7. The Morgan fingerprint density at radius 3 is 3.00 bits per heavy atom. The van der Waals surface area contributed by atoms with Gasteiger partial charge >= 0.3 is 0 Å². The summed E-state index contributed by atoms with van der Waals surface area (Å²) in [4.78, 5) is 14.7. The fraction of sp³-hybridized carbons (Fsp3) is 0.273. The number of pyridine rings is 1. The van der Waals surface area contributed by atoms with E-state index in [1.54, 1.807) is 12.3 Å². The van der Waals surface area contributed by atoms with Gasteiger partial charge in [0.2, 0.25) is 5.91 Å². The number of amides is 1. The lowest BCUT2D eigenvalue weighted by Crippen LogP contribution is -2.20. The van der Waals surface area contributed by atoms with Crippen LogP contribution in [0.4, 0.5) is 0 Å². The Labute approximate surface area is 94.2 Å². The highest BCUT2D eigenvalue weighted by Crippen LogP contribution is 2.07. The van der Waals surface area contributed by atoms with Crippen LogP contribution in [0.1, 0.15) is 19.0 Å². The number of carbonyl (C=O) groups is 1. The van der Waals surface area contributed by atoms with Crippen LogP contribution in [0.3, 0.4) is 0 Å². The van der Waals surface area contributed by atoms with Crippen LogP contribution >= 0.6 is 11.6 Å². The second-order valence-electron chi connectivity index (χ2n) is 3.08. The van der Waals surface area contributed by atoms with E-state index in [0.29, 0.717) is 11.6 Å². The topological polar surface area (TPSA) is 42.0 Å². The van der Waals surface area contributed by atoms with Gasteiger partial charge in [0, 0.05) is 19.7 Å². The smallest absolute Gasteiger partial charge is 0.216 e. The quantitative estimate of drug-likeness (QED) is 0.798. The zero-order valence-corrected chi connectivity index (χ0v) is 9.29. The van der Waals surface area contributed by atoms with Crippen LogP contribution in [-0.4, -0.2) is 17.4 Å².